The summed E-state index contributed by atoms with van der Waals surface area (Å²) in [6.07, 6.45) is 0. The summed E-state index contributed by atoms with van der Waals surface area (Å²) in [4.78, 5) is 3.65. The van der Waals surface area contributed by atoms with Crippen molar-refractivity contribution >= 4 is 22.7 Å². The topological polar surface area (TPSA) is 39.1 Å². The van der Waals surface area contributed by atoms with Crippen LogP contribution in [0.5, 0.6) is 0 Å². The average molecular weight is 299 g/mol. The number of anilines is 1. The van der Waals surface area contributed by atoms with Crippen LogP contribution in [0.15, 0.2) is 29.6 Å². The van der Waals surface area contributed by atoms with Crippen molar-refractivity contribution in [2.75, 3.05) is 18.4 Å². The number of hydrogen-bond donors (Lipinski definition) is 2. The zero-order valence-electron chi connectivity index (χ0n) is 12.6. The standard InChI is InChI=1S/C17H21N3S/c1-3-20(4-2)11-12-5-6-13-15(9-12)19-10-16-14(17(13)18)7-8-21-16/h5-9,18-19H,3-4,10-11H2,1-2H3. The molecule has 3 rings (SSSR count). The first-order valence-corrected chi connectivity index (χ1v) is 8.35. The van der Waals surface area contributed by atoms with Gasteiger partial charge in [-0.25, -0.2) is 0 Å². The summed E-state index contributed by atoms with van der Waals surface area (Å²) in [6, 6.07) is 8.52. The van der Waals surface area contributed by atoms with Crippen LogP contribution in [-0.4, -0.2) is 23.7 Å². The monoisotopic (exact) mass is 299 g/mol. The lowest BCUT2D eigenvalue weighted by Gasteiger charge is -2.19. The van der Waals surface area contributed by atoms with Gasteiger partial charge in [0, 0.05) is 28.2 Å². The van der Waals surface area contributed by atoms with E-state index in [1.54, 1.807) is 11.3 Å². The van der Waals surface area contributed by atoms with Crippen molar-refractivity contribution < 1.29 is 0 Å². The van der Waals surface area contributed by atoms with Gasteiger partial charge < -0.3 is 5.32 Å². The highest BCUT2D eigenvalue weighted by molar-refractivity contribution is 7.10. The van der Waals surface area contributed by atoms with Gasteiger partial charge in [-0.2, -0.15) is 0 Å². The molecule has 4 heteroatoms. The van der Waals surface area contributed by atoms with Crippen molar-refractivity contribution in [2.24, 2.45) is 0 Å². The van der Waals surface area contributed by atoms with Gasteiger partial charge in [-0.3, -0.25) is 10.3 Å². The molecule has 0 radical (unpaired) electrons. The van der Waals surface area contributed by atoms with Crippen LogP contribution in [0.1, 0.15) is 35.4 Å². The van der Waals surface area contributed by atoms with Crippen molar-refractivity contribution in [3.8, 4) is 0 Å². The molecule has 1 aliphatic rings. The minimum atomic E-state index is 0.639. The van der Waals surface area contributed by atoms with Gasteiger partial charge in [0.25, 0.3) is 0 Å². The van der Waals surface area contributed by atoms with Crippen LogP contribution in [-0.2, 0) is 13.1 Å². The molecule has 0 unspecified atom stereocenters. The molecule has 0 atom stereocenters. The third-order valence-corrected chi connectivity index (χ3v) is 5.03. The lowest BCUT2D eigenvalue weighted by atomic mass is 10.0. The van der Waals surface area contributed by atoms with Gasteiger partial charge in [-0.05, 0) is 36.2 Å². The molecule has 0 spiro atoms. The second-order valence-electron chi connectivity index (χ2n) is 5.33. The van der Waals surface area contributed by atoms with E-state index in [4.69, 9.17) is 5.41 Å². The maximum Gasteiger partial charge on any atom is 0.0717 e. The van der Waals surface area contributed by atoms with Crippen molar-refractivity contribution in [2.45, 2.75) is 26.9 Å². The van der Waals surface area contributed by atoms with Crippen LogP contribution in [0.4, 0.5) is 5.69 Å². The van der Waals surface area contributed by atoms with Gasteiger partial charge in [0.15, 0.2) is 0 Å². The molecule has 0 amide bonds. The van der Waals surface area contributed by atoms with E-state index in [0.29, 0.717) is 5.71 Å². The summed E-state index contributed by atoms with van der Waals surface area (Å²) in [5.74, 6) is 0. The quantitative estimate of drug-likeness (QED) is 0.898. The molecule has 0 aliphatic carbocycles. The largest absolute Gasteiger partial charge is 0.380 e. The van der Waals surface area contributed by atoms with Crippen LogP contribution in [0.3, 0.4) is 0 Å². The zero-order valence-corrected chi connectivity index (χ0v) is 13.4. The number of fused-ring (bicyclic) bond motifs is 2. The van der Waals surface area contributed by atoms with Gasteiger partial charge in [0.2, 0.25) is 0 Å². The molecule has 0 fully saturated rings. The van der Waals surface area contributed by atoms with Gasteiger partial charge >= 0.3 is 0 Å². The predicted octanol–water partition coefficient (Wildman–Crippen LogP) is 3.93. The number of nitrogens with zero attached hydrogens (tertiary/aromatic N) is 1. The van der Waals surface area contributed by atoms with E-state index in [9.17, 15) is 0 Å². The minimum Gasteiger partial charge on any atom is -0.380 e. The van der Waals surface area contributed by atoms with Gasteiger partial charge in [-0.15, -0.1) is 11.3 Å². The summed E-state index contributed by atoms with van der Waals surface area (Å²) >= 11 is 1.72. The Hall–Kier alpha value is -1.65. The Bertz CT molecular complexity index is 656. The second-order valence-corrected chi connectivity index (χ2v) is 6.33. The molecule has 1 aliphatic heterocycles. The van der Waals surface area contributed by atoms with Crippen molar-refractivity contribution in [3.05, 3.63) is 51.2 Å². The molecule has 1 aromatic heterocycles. The van der Waals surface area contributed by atoms with E-state index in [1.807, 2.05) is 0 Å². The van der Waals surface area contributed by atoms with E-state index in [0.717, 1.165) is 43.0 Å². The van der Waals surface area contributed by atoms with Gasteiger partial charge in [0.05, 0.1) is 12.3 Å². The first-order valence-electron chi connectivity index (χ1n) is 7.47. The van der Waals surface area contributed by atoms with E-state index in [2.05, 4.69) is 53.7 Å². The van der Waals surface area contributed by atoms with Gasteiger partial charge in [0.1, 0.15) is 0 Å². The predicted molar refractivity (Wildman–Crippen MR) is 90.6 cm³/mol. The maximum absolute atomic E-state index is 8.45. The first-order chi connectivity index (χ1) is 10.2. The number of benzene rings is 1. The Kier molecular flexibility index (Phi) is 4.08. The van der Waals surface area contributed by atoms with E-state index in [-0.39, 0.29) is 0 Å². The fourth-order valence-corrected chi connectivity index (χ4v) is 3.60. The normalized spacial score (nSPS) is 13.6. The fraction of sp³-hybridized carbons (Fsp3) is 0.353. The molecule has 0 saturated carbocycles. The number of thiophene rings is 1. The lowest BCUT2D eigenvalue weighted by Crippen LogP contribution is -2.22. The Labute approximate surface area is 130 Å². The third-order valence-electron chi connectivity index (χ3n) is 4.11. The smallest absolute Gasteiger partial charge is 0.0717 e. The van der Waals surface area contributed by atoms with E-state index >= 15 is 0 Å². The van der Waals surface area contributed by atoms with Crippen molar-refractivity contribution in [3.63, 3.8) is 0 Å². The molecule has 0 saturated heterocycles. The summed E-state index contributed by atoms with van der Waals surface area (Å²) in [6.45, 7) is 8.30. The second kappa shape index (κ2) is 6.00. The van der Waals surface area contributed by atoms with E-state index in [1.165, 1.54) is 10.4 Å². The molecule has 110 valence electrons. The molecular weight excluding hydrogens is 278 g/mol. The summed E-state index contributed by atoms with van der Waals surface area (Å²) in [7, 11) is 0. The van der Waals surface area contributed by atoms with Crippen molar-refractivity contribution in [1.82, 2.24) is 4.90 Å². The summed E-state index contributed by atoms with van der Waals surface area (Å²) < 4.78 is 0. The number of hydrogen-bond acceptors (Lipinski definition) is 4. The highest BCUT2D eigenvalue weighted by Gasteiger charge is 2.19. The lowest BCUT2D eigenvalue weighted by molar-refractivity contribution is 0.296. The van der Waals surface area contributed by atoms with E-state index < -0.39 is 0 Å². The maximum atomic E-state index is 8.45. The van der Waals surface area contributed by atoms with Crippen LogP contribution in [0, 0.1) is 5.41 Å². The third kappa shape index (κ3) is 2.74. The molecule has 2 N–H and O–H groups in total. The van der Waals surface area contributed by atoms with Crippen molar-refractivity contribution in [1.29, 1.82) is 5.41 Å². The highest BCUT2D eigenvalue weighted by Crippen LogP contribution is 2.30. The Morgan fingerprint density at radius 2 is 2.00 bits per heavy atom. The molecule has 2 aromatic rings. The Morgan fingerprint density at radius 1 is 1.19 bits per heavy atom. The van der Waals surface area contributed by atoms with Crippen LogP contribution >= 0.6 is 11.3 Å². The highest BCUT2D eigenvalue weighted by atomic mass is 32.1. The number of nitrogens with one attached hydrogen (secondary N) is 2. The summed E-state index contributed by atoms with van der Waals surface area (Å²) in [5.41, 5.74) is 5.12. The molecular formula is C17H21N3S. The fourth-order valence-electron chi connectivity index (χ4n) is 2.78. The average Bonchev–Trinajstić information content (AvgIpc) is 2.94. The SMILES string of the molecule is CCN(CC)Cc1ccc2c(c1)NCc1sccc1C2=N. The zero-order chi connectivity index (χ0) is 14.8. The Morgan fingerprint density at radius 3 is 2.76 bits per heavy atom. The minimum absolute atomic E-state index is 0.639. The van der Waals surface area contributed by atoms with Gasteiger partial charge in [-0.1, -0.05) is 26.0 Å². The Balaban J connectivity index is 1.91. The van der Waals surface area contributed by atoms with Crippen LogP contribution in [0.2, 0.25) is 0 Å². The molecule has 3 nitrogen and oxygen atoms in total. The molecule has 1 aromatic carbocycles. The number of rotatable bonds is 4. The summed E-state index contributed by atoms with van der Waals surface area (Å²) in [5, 5.41) is 14.0. The van der Waals surface area contributed by atoms with Crippen LogP contribution in [0.25, 0.3) is 0 Å². The molecule has 0 bridgehead atoms. The molecule has 21 heavy (non-hydrogen) atoms. The van der Waals surface area contributed by atoms with Crippen LogP contribution < -0.4 is 5.32 Å². The first kappa shape index (κ1) is 14.3. The molecule has 2 heterocycles.